The topological polar surface area (TPSA) is 87.0 Å². The summed E-state index contributed by atoms with van der Waals surface area (Å²) in [5.74, 6) is -0.136. The molecular formula is C21H24N4O4. The van der Waals surface area contributed by atoms with Crippen molar-refractivity contribution in [3.05, 3.63) is 53.7 Å². The second kappa shape index (κ2) is 8.46. The van der Waals surface area contributed by atoms with Crippen molar-refractivity contribution in [3.63, 3.8) is 0 Å². The highest BCUT2D eigenvalue weighted by Gasteiger charge is 2.28. The van der Waals surface area contributed by atoms with Gasteiger partial charge in [0.15, 0.2) is 5.76 Å². The number of rotatable bonds is 3. The summed E-state index contributed by atoms with van der Waals surface area (Å²) in [7, 11) is 0. The summed E-state index contributed by atoms with van der Waals surface area (Å²) in [5, 5.41) is 0. The molecule has 8 heteroatoms. The molecule has 29 heavy (non-hydrogen) atoms. The van der Waals surface area contributed by atoms with Crippen LogP contribution >= 0.6 is 0 Å². The first-order chi connectivity index (χ1) is 14.1. The van der Waals surface area contributed by atoms with Crippen LogP contribution in [0.5, 0.6) is 0 Å². The molecule has 0 aliphatic carbocycles. The Morgan fingerprint density at radius 2 is 1.45 bits per heavy atom. The Balaban J connectivity index is 1.39. The standard InChI is InChI=1S/C21H24N4O4/c26-19(23-8-2-1-3-9-23)16-6-7-22-17(15-16)20(27)24-10-12-25(13-11-24)21(28)18-5-4-14-29-18/h4-7,14-15H,1-3,8-13H2. The van der Waals surface area contributed by atoms with Gasteiger partial charge in [-0.25, -0.2) is 0 Å². The maximum atomic E-state index is 12.9. The van der Waals surface area contributed by atoms with Crippen LogP contribution < -0.4 is 0 Å². The van der Waals surface area contributed by atoms with Gasteiger partial charge in [0, 0.05) is 51.0 Å². The largest absolute Gasteiger partial charge is 0.459 e. The molecule has 0 bridgehead atoms. The van der Waals surface area contributed by atoms with Crippen LogP contribution in [0.25, 0.3) is 0 Å². The van der Waals surface area contributed by atoms with Crippen molar-refractivity contribution in [2.24, 2.45) is 0 Å². The van der Waals surface area contributed by atoms with Crippen LogP contribution in [0.4, 0.5) is 0 Å². The van der Waals surface area contributed by atoms with Crippen molar-refractivity contribution in [2.45, 2.75) is 19.3 Å². The van der Waals surface area contributed by atoms with Crippen LogP contribution in [0.15, 0.2) is 41.1 Å². The lowest BCUT2D eigenvalue weighted by Crippen LogP contribution is -2.50. The van der Waals surface area contributed by atoms with Crippen molar-refractivity contribution in [2.75, 3.05) is 39.3 Å². The lowest BCUT2D eigenvalue weighted by atomic mass is 10.1. The van der Waals surface area contributed by atoms with E-state index in [-0.39, 0.29) is 23.4 Å². The van der Waals surface area contributed by atoms with E-state index in [2.05, 4.69) is 4.98 Å². The van der Waals surface area contributed by atoms with Crippen LogP contribution in [-0.2, 0) is 0 Å². The van der Waals surface area contributed by atoms with Crippen LogP contribution in [0, 0.1) is 0 Å². The molecule has 2 aliphatic heterocycles. The van der Waals surface area contributed by atoms with Gasteiger partial charge >= 0.3 is 0 Å². The van der Waals surface area contributed by atoms with E-state index in [1.807, 2.05) is 4.90 Å². The summed E-state index contributed by atoms with van der Waals surface area (Å²) in [6.07, 6.45) is 6.17. The summed E-state index contributed by atoms with van der Waals surface area (Å²) in [6, 6.07) is 6.55. The first-order valence-electron chi connectivity index (χ1n) is 10.0. The Labute approximate surface area is 169 Å². The number of carbonyl (C=O) groups is 3. The van der Waals surface area contributed by atoms with Gasteiger partial charge in [0.2, 0.25) is 0 Å². The molecule has 2 aromatic rings. The molecule has 0 unspecified atom stereocenters. The normalized spacial score (nSPS) is 17.3. The lowest BCUT2D eigenvalue weighted by molar-refractivity contribution is 0.0515. The van der Waals surface area contributed by atoms with Gasteiger partial charge in [0.1, 0.15) is 5.69 Å². The SMILES string of the molecule is O=C(c1ccnc(C(=O)N2CCN(C(=O)c3ccco3)CC2)c1)N1CCCCC1. The van der Waals surface area contributed by atoms with Crippen molar-refractivity contribution in [1.82, 2.24) is 19.7 Å². The van der Waals surface area contributed by atoms with Gasteiger partial charge in [-0.05, 0) is 43.5 Å². The fraction of sp³-hybridized carbons (Fsp3) is 0.429. The van der Waals surface area contributed by atoms with Gasteiger partial charge < -0.3 is 19.1 Å². The Bertz CT molecular complexity index is 882. The maximum Gasteiger partial charge on any atom is 0.289 e. The van der Waals surface area contributed by atoms with Crippen molar-refractivity contribution >= 4 is 17.7 Å². The summed E-state index contributed by atoms with van der Waals surface area (Å²) in [6.45, 7) is 3.20. The summed E-state index contributed by atoms with van der Waals surface area (Å²) >= 11 is 0. The predicted octanol–water partition coefficient (Wildman–Crippen LogP) is 1.90. The number of likely N-dealkylation sites (tertiary alicyclic amines) is 1. The molecule has 4 heterocycles. The molecule has 8 nitrogen and oxygen atoms in total. The van der Waals surface area contributed by atoms with E-state index in [1.54, 1.807) is 34.1 Å². The lowest BCUT2D eigenvalue weighted by Gasteiger charge is -2.34. The third-order valence-corrected chi connectivity index (χ3v) is 5.46. The van der Waals surface area contributed by atoms with Gasteiger partial charge in [-0.1, -0.05) is 0 Å². The molecule has 0 N–H and O–H groups in total. The molecule has 4 rings (SSSR count). The van der Waals surface area contributed by atoms with E-state index in [0.717, 1.165) is 32.4 Å². The molecule has 2 saturated heterocycles. The van der Waals surface area contributed by atoms with E-state index in [4.69, 9.17) is 4.42 Å². The average molecular weight is 396 g/mol. The second-order valence-electron chi connectivity index (χ2n) is 7.34. The highest BCUT2D eigenvalue weighted by atomic mass is 16.3. The molecule has 2 aromatic heterocycles. The van der Waals surface area contributed by atoms with Crippen LogP contribution in [0.2, 0.25) is 0 Å². The number of furan rings is 1. The summed E-state index contributed by atoms with van der Waals surface area (Å²) in [4.78, 5) is 47.3. The molecule has 0 spiro atoms. The number of piperazine rings is 1. The minimum atomic E-state index is -0.219. The fourth-order valence-electron chi connectivity index (χ4n) is 3.79. The molecule has 152 valence electrons. The van der Waals surface area contributed by atoms with E-state index in [9.17, 15) is 14.4 Å². The van der Waals surface area contributed by atoms with E-state index < -0.39 is 0 Å². The number of hydrogen-bond acceptors (Lipinski definition) is 5. The Kier molecular flexibility index (Phi) is 5.59. The van der Waals surface area contributed by atoms with Crippen LogP contribution in [0.3, 0.4) is 0 Å². The number of amides is 3. The minimum absolute atomic E-state index is 0.0463. The minimum Gasteiger partial charge on any atom is -0.459 e. The quantitative estimate of drug-likeness (QED) is 0.791. The highest BCUT2D eigenvalue weighted by molar-refractivity contribution is 5.98. The molecule has 2 aliphatic rings. The van der Waals surface area contributed by atoms with Gasteiger partial charge in [0.25, 0.3) is 17.7 Å². The number of carbonyl (C=O) groups excluding carboxylic acids is 3. The zero-order valence-corrected chi connectivity index (χ0v) is 16.2. The van der Waals surface area contributed by atoms with E-state index in [0.29, 0.717) is 37.5 Å². The Hall–Kier alpha value is -3.16. The first-order valence-corrected chi connectivity index (χ1v) is 10.0. The van der Waals surface area contributed by atoms with Crippen molar-refractivity contribution in [3.8, 4) is 0 Å². The van der Waals surface area contributed by atoms with Crippen molar-refractivity contribution in [1.29, 1.82) is 0 Å². The summed E-state index contributed by atoms with van der Waals surface area (Å²) in [5.41, 5.74) is 0.760. The zero-order chi connectivity index (χ0) is 20.2. The predicted molar refractivity (Wildman–Crippen MR) is 105 cm³/mol. The number of nitrogens with zero attached hydrogens (tertiary/aromatic N) is 4. The highest BCUT2D eigenvalue weighted by Crippen LogP contribution is 2.15. The molecule has 0 saturated carbocycles. The Morgan fingerprint density at radius 1 is 0.793 bits per heavy atom. The average Bonchev–Trinajstić information content (AvgIpc) is 3.33. The monoisotopic (exact) mass is 396 g/mol. The fourth-order valence-corrected chi connectivity index (χ4v) is 3.79. The summed E-state index contributed by atoms with van der Waals surface area (Å²) < 4.78 is 5.16. The van der Waals surface area contributed by atoms with Gasteiger partial charge in [-0.15, -0.1) is 0 Å². The third kappa shape index (κ3) is 4.16. The molecule has 2 fully saturated rings. The number of hydrogen-bond donors (Lipinski definition) is 0. The number of piperidine rings is 1. The first kappa shape index (κ1) is 19.2. The number of pyridine rings is 1. The molecular weight excluding hydrogens is 372 g/mol. The Morgan fingerprint density at radius 3 is 2.10 bits per heavy atom. The van der Waals surface area contributed by atoms with Gasteiger partial charge in [-0.3, -0.25) is 19.4 Å². The maximum absolute atomic E-state index is 12.9. The smallest absolute Gasteiger partial charge is 0.289 e. The van der Waals surface area contributed by atoms with Crippen LogP contribution in [0.1, 0.15) is 50.7 Å². The van der Waals surface area contributed by atoms with E-state index >= 15 is 0 Å². The molecule has 0 radical (unpaired) electrons. The van der Waals surface area contributed by atoms with Gasteiger partial charge in [-0.2, -0.15) is 0 Å². The van der Waals surface area contributed by atoms with Crippen molar-refractivity contribution < 1.29 is 18.8 Å². The molecule has 3 amide bonds. The molecule has 0 aromatic carbocycles. The van der Waals surface area contributed by atoms with Gasteiger partial charge in [0.05, 0.1) is 6.26 Å². The van der Waals surface area contributed by atoms with Crippen LogP contribution in [-0.4, -0.2) is 76.7 Å². The zero-order valence-electron chi connectivity index (χ0n) is 16.2. The number of aromatic nitrogens is 1. The van der Waals surface area contributed by atoms with E-state index in [1.165, 1.54) is 12.5 Å². The third-order valence-electron chi connectivity index (χ3n) is 5.46. The second-order valence-corrected chi connectivity index (χ2v) is 7.34. The molecule has 0 atom stereocenters.